The van der Waals surface area contributed by atoms with Crippen LogP contribution >= 0.6 is 0 Å². The van der Waals surface area contributed by atoms with E-state index >= 15 is 0 Å². The van der Waals surface area contributed by atoms with Crippen molar-refractivity contribution in [1.29, 1.82) is 0 Å². The summed E-state index contributed by atoms with van der Waals surface area (Å²) in [5.74, 6) is 0.778. The van der Waals surface area contributed by atoms with Crippen LogP contribution in [0.4, 0.5) is 0 Å². The number of morpholine rings is 1. The van der Waals surface area contributed by atoms with Gasteiger partial charge < -0.3 is 14.6 Å². The molecule has 1 fully saturated rings. The maximum absolute atomic E-state index is 10.3. The van der Waals surface area contributed by atoms with E-state index in [9.17, 15) is 5.11 Å². The number of aliphatic hydroxyl groups is 1. The number of para-hydroxylation sites is 1. The molecule has 4 heteroatoms. The Hall–Kier alpha value is -1.10. The number of β-amino-alcohol motifs (C(OH)–C–C–N with tert-alkyl or cyclic N) is 1. The second-order valence-electron chi connectivity index (χ2n) is 4.40. The van der Waals surface area contributed by atoms with Gasteiger partial charge in [0.25, 0.3) is 0 Å². The maximum Gasteiger partial charge on any atom is 0.125 e. The zero-order valence-corrected chi connectivity index (χ0v) is 10.8. The van der Waals surface area contributed by atoms with Gasteiger partial charge in [-0.25, -0.2) is 0 Å². The Morgan fingerprint density at radius 1 is 1.33 bits per heavy atom. The predicted molar refractivity (Wildman–Crippen MR) is 69.8 cm³/mol. The molecule has 0 aliphatic carbocycles. The molecule has 0 radical (unpaired) electrons. The highest BCUT2D eigenvalue weighted by atomic mass is 16.5. The van der Waals surface area contributed by atoms with Gasteiger partial charge in [-0.15, -0.1) is 0 Å². The van der Waals surface area contributed by atoms with Gasteiger partial charge in [-0.1, -0.05) is 18.2 Å². The van der Waals surface area contributed by atoms with Crippen LogP contribution in [0, 0.1) is 0 Å². The number of nitrogens with zero attached hydrogens (tertiary/aromatic N) is 1. The Morgan fingerprint density at radius 2 is 2.06 bits per heavy atom. The first-order valence-corrected chi connectivity index (χ1v) is 6.51. The third-order valence-electron chi connectivity index (χ3n) is 3.11. The van der Waals surface area contributed by atoms with Gasteiger partial charge in [0.2, 0.25) is 0 Å². The number of ether oxygens (including phenoxy) is 2. The molecule has 4 nitrogen and oxygen atoms in total. The van der Waals surface area contributed by atoms with Crippen LogP contribution < -0.4 is 4.74 Å². The Balaban J connectivity index is 2.00. The number of benzene rings is 1. The highest BCUT2D eigenvalue weighted by Gasteiger charge is 2.18. The SMILES string of the molecule is CCOc1ccccc1C(O)CN1CCOCC1. The molecule has 1 aliphatic heterocycles. The lowest BCUT2D eigenvalue weighted by molar-refractivity contribution is 0.0139. The molecule has 0 spiro atoms. The maximum atomic E-state index is 10.3. The van der Waals surface area contributed by atoms with E-state index in [0.29, 0.717) is 13.2 Å². The fraction of sp³-hybridized carbons (Fsp3) is 0.571. The molecule has 0 aromatic heterocycles. The summed E-state index contributed by atoms with van der Waals surface area (Å²) in [6.07, 6.45) is -0.508. The zero-order chi connectivity index (χ0) is 12.8. The first kappa shape index (κ1) is 13.3. The summed E-state index contributed by atoms with van der Waals surface area (Å²) in [6, 6.07) is 7.69. The molecule has 1 aromatic rings. The third-order valence-corrected chi connectivity index (χ3v) is 3.11. The van der Waals surface area contributed by atoms with Crippen LogP contribution in [0.2, 0.25) is 0 Å². The molecule has 0 saturated carbocycles. The second-order valence-corrected chi connectivity index (χ2v) is 4.40. The van der Waals surface area contributed by atoms with Crippen LogP contribution in [-0.2, 0) is 4.74 Å². The fourth-order valence-corrected chi connectivity index (χ4v) is 2.17. The monoisotopic (exact) mass is 251 g/mol. The Labute approximate surface area is 108 Å². The molecular weight excluding hydrogens is 230 g/mol. The lowest BCUT2D eigenvalue weighted by atomic mass is 10.1. The van der Waals surface area contributed by atoms with Crippen LogP contribution in [0.1, 0.15) is 18.6 Å². The molecule has 1 unspecified atom stereocenters. The van der Waals surface area contributed by atoms with E-state index in [-0.39, 0.29) is 0 Å². The molecule has 1 aliphatic rings. The van der Waals surface area contributed by atoms with Crippen molar-refractivity contribution < 1.29 is 14.6 Å². The number of aliphatic hydroxyl groups excluding tert-OH is 1. The molecule has 18 heavy (non-hydrogen) atoms. The molecule has 1 saturated heterocycles. The average Bonchev–Trinajstić information content (AvgIpc) is 2.41. The fourth-order valence-electron chi connectivity index (χ4n) is 2.17. The van der Waals surface area contributed by atoms with Gasteiger partial charge in [-0.05, 0) is 13.0 Å². The van der Waals surface area contributed by atoms with Crippen LogP contribution in [0.25, 0.3) is 0 Å². The first-order valence-electron chi connectivity index (χ1n) is 6.51. The van der Waals surface area contributed by atoms with E-state index in [1.54, 1.807) is 0 Å². The minimum Gasteiger partial charge on any atom is -0.493 e. The standard InChI is InChI=1S/C14H21NO3/c1-2-18-14-6-4-3-5-12(14)13(16)11-15-7-9-17-10-8-15/h3-6,13,16H,2,7-11H2,1H3. The number of hydrogen-bond acceptors (Lipinski definition) is 4. The van der Waals surface area contributed by atoms with Crippen molar-refractivity contribution in [3.05, 3.63) is 29.8 Å². The van der Waals surface area contributed by atoms with Gasteiger partial charge in [-0.2, -0.15) is 0 Å². The highest BCUT2D eigenvalue weighted by Crippen LogP contribution is 2.25. The summed E-state index contributed by atoms with van der Waals surface area (Å²) in [5, 5.41) is 10.3. The van der Waals surface area contributed by atoms with E-state index < -0.39 is 6.10 Å². The van der Waals surface area contributed by atoms with Crippen LogP contribution in [-0.4, -0.2) is 49.5 Å². The third kappa shape index (κ3) is 3.45. The summed E-state index contributed by atoms with van der Waals surface area (Å²) in [6.45, 7) is 6.46. The quantitative estimate of drug-likeness (QED) is 0.860. The van der Waals surface area contributed by atoms with Gasteiger partial charge in [0, 0.05) is 25.2 Å². The van der Waals surface area contributed by atoms with Crippen molar-refractivity contribution in [3.63, 3.8) is 0 Å². The topological polar surface area (TPSA) is 41.9 Å². The van der Waals surface area contributed by atoms with Gasteiger partial charge in [0.1, 0.15) is 5.75 Å². The molecule has 0 amide bonds. The largest absolute Gasteiger partial charge is 0.493 e. The highest BCUT2D eigenvalue weighted by molar-refractivity contribution is 5.35. The lowest BCUT2D eigenvalue weighted by Gasteiger charge is -2.29. The van der Waals surface area contributed by atoms with Crippen molar-refractivity contribution in [2.45, 2.75) is 13.0 Å². The first-order chi connectivity index (χ1) is 8.81. The number of hydrogen-bond donors (Lipinski definition) is 1. The van der Waals surface area contributed by atoms with Crippen molar-refractivity contribution in [1.82, 2.24) is 4.90 Å². The normalized spacial score (nSPS) is 18.6. The summed E-state index contributed by atoms with van der Waals surface area (Å²) in [4.78, 5) is 2.22. The van der Waals surface area contributed by atoms with E-state index in [0.717, 1.165) is 37.6 Å². The molecule has 1 heterocycles. The Morgan fingerprint density at radius 3 is 2.78 bits per heavy atom. The van der Waals surface area contributed by atoms with Gasteiger partial charge >= 0.3 is 0 Å². The molecule has 1 N–H and O–H groups in total. The predicted octanol–water partition coefficient (Wildman–Crippen LogP) is 1.45. The van der Waals surface area contributed by atoms with Crippen molar-refractivity contribution >= 4 is 0 Å². The van der Waals surface area contributed by atoms with Crippen molar-refractivity contribution in [2.24, 2.45) is 0 Å². The second kappa shape index (κ2) is 6.73. The average molecular weight is 251 g/mol. The minimum atomic E-state index is -0.508. The summed E-state index contributed by atoms with van der Waals surface area (Å²) in [7, 11) is 0. The van der Waals surface area contributed by atoms with Crippen molar-refractivity contribution in [2.75, 3.05) is 39.5 Å². The minimum absolute atomic E-state index is 0.508. The molecule has 0 bridgehead atoms. The lowest BCUT2D eigenvalue weighted by Crippen LogP contribution is -2.38. The molecule has 1 atom stereocenters. The van der Waals surface area contributed by atoms with Crippen LogP contribution in [0.3, 0.4) is 0 Å². The van der Waals surface area contributed by atoms with E-state index in [1.165, 1.54) is 0 Å². The van der Waals surface area contributed by atoms with Gasteiger partial charge in [0.05, 0.1) is 25.9 Å². The van der Waals surface area contributed by atoms with Gasteiger partial charge in [0.15, 0.2) is 0 Å². The van der Waals surface area contributed by atoms with E-state index in [2.05, 4.69) is 4.90 Å². The van der Waals surface area contributed by atoms with E-state index in [4.69, 9.17) is 9.47 Å². The molecule has 100 valence electrons. The van der Waals surface area contributed by atoms with Crippen LogP contribution in [0.15, 0.2) is 24.3 Å². The Kier molecular flexibility index (Phi) is 4.99. The smallest absolute Gasteiger partial charge is 0.125 e. The summed E-state index contributed by atoms with van der Waals surface area (Å²) < 4.78 is 10.8. The molecular formula is C14H21NO3. The summed E-state index contributed by atoms with van der Waals surface area (Å²) in [5.41, 5.74) is 0.867. The summed E-state index contributed by atoms with van der Waals surface area (Å²) >= 11 is 0. The molecule has 1 aromatic carbocycles. The van der Waals surface area contributed by atoms with Gasteiger partial charge in [-0.3, -0.25) is 4.90 Å². The zero-order valence-electron chi connectivity index (χ0n) is 10.8. The van der Waals surface area contributed by atoms with Crippen molar-refractivity contribution in [3.8, 4) is 5.75 Å². The van der Waals surface area contributed by atoms with E-state index in [1.807, 2.05) is 31.2 Å². The van der Waals surface area contributed by atoms with Crippen LogP contribution in [0.5, 0.6) is 5.75 Å². The molecule has 2 rings (SSSR count). The Bertz CT molecular complexity index is 364. The number of rotatable bonds is 5.